The van der Waals surface area contributed by atoms with E-state index in [0.717, 1.165) is 30.2 Å². The fraction of sp³-hybridized carbons (Fsp3) is 0.500. The van der Waals surface area contributed by atoms with E-state index >= 15 is 0 Å². The molecule has 0 saturated carbocycles. The molecule has 0 unspecified atom stereocenters. The van der Waals surface area contributed by atoms with E-state index in [0.29, 0.717) is 12.6 Å². The van der Waals surface area contributed by atoms with Crippen molar-refractivity contribution in [3.63, 3.8) is 0 Å². The first-order valence-electron chi connectivity index (χ1n) is 9.51. The molecule has 142 valence electrons. The van der Waals surface area contributed by atoms with E-state index in [1.165, 1.54) is 5.56 Å². The Hall–Kier alpha value is -2.07. The van der Waals surface area contributed by atoms with Crippen molar-refractivity contribution in [3.8, 4) is 0 Å². The van der Waals surface area contributed by atoms with Gasteiger partial charge in [0.15, 0.2) is 0 Å². The Morgan fingerprint density at radius 2 is 1.62 bits per heavy atom. The van der Waals surface area contributed by atoms with Crippen LogP contribution in [0, 0.1) is 6.92 Å². The van der Waals surface area contributed by atoms with Crippen LogP contribution in [0.1, 0.15) is 62.1 Å². The van der Waals surface area contributed by atoms with Crippen LogP contribution in [0.2, 0.25) is 0 Å². The standard InChI is InChI=1S/C22H32N2O2/c1-7-23(16(2)3)14-19-9-11-20(12-10-19)22(25)24(17(4)5)15-21-13-8-18(6)26-21/h8-13,16-17H,7,14-15H2,1-6H3. The second kappa shape index (κ2) is 9.04. The average Bonchev–Trinajstić information content (AvgIpc) is 3.02. The van der Waals surface area contributed by atoms with Gasteiger partial charge in [-0.05, 0) is 71.0 Å². The van der Waals surface area contributed by atoms with Crippen molar-refractivity contribution in [2.75, 3.05) is 6.54 Å². The van der Waals surface area contributed by atoms with Gasteiger partial charge in [-0.15, -0.1) is 0 Å². The second-order valence-corrected chi connectivity index (χ2v) is 7.39. The first kappa shape index (κ1) is 20.2. The van der Waals surface area contributed by atoms with Crippen LogP contribution in [-0.2, 0) is 13.1 Å². The van der Waals surface area contributed by atoms with Gasteiger partial charge in [0.1, 0.15) is 11.5 Å². The Morgan fingerprint density at radius 3 is 2.08 bits per heavy atom. The van der Waals surface area contributed by atoms with Gasteiger partial charge in [-0.25, -0.2) is 0 Å². The molecule has 4 nitrogen and oxygen atoms in total. The highest BCUT2D eigenvalue weighted by atomic mass is 16.3. The number of carbonyl (C=O) groups is 1. The van der Waals surface area contributed by atoms with E-state index in [1.54, 1.807) is 0 Å². The Kier molecular flexibility index (Phi) is 7.04. The number of nitrogens with zero attached hydrogens (tertiary/aromatic N) is 2. The molecular weight excluding hydrogens is 324 g/mol. The summed E-state index contributed by atoms with van der Waals surface area (Å²) >= 11 is 0. The van der Waals surface area contributed by atoms with Crippen molar-refractivity contribution in [1.29, 1.82) is 0 Å². The van der Waals surface area contributed by atoms with Crippen LogP contribution in [0.15, 0.2) is 40.8 Å². The van der Waals surface area contributed by atoms with Gasteiger partial charge < -0.3 is 9.32 Å². The molecule has 2 aromatic rings. The van der Waals surface area contributed by atoms with Gasteiger partial charge >= 0.3 is 0 Å². The molecule has 4 heteroatoms. The molecule has 1 aromatic carbocycles. The topological polar surface area (TPSA) is 36.7 Å². The number of aryl methyl sites for hydroxylation is 1. The number of amides is 1. The molecule has 1 heterocycles. The number of hydrogen-bond donors (Lipinski definition) is 0. The Bertz CT molecular complexity index is 701. The molecule has 1 amide bonds. The van der Waals surface area contributed by atoms with Gasteiger partial charge in [-0.1, -0.05) is 19.1 Å². The third kappa shape index (κ3) is 5.21. The monoisotopic (exact) mass is 356 g/mol. The number of rotatable bonds is 8. The van der Waals surface area contributed by atoms with E-state index in [-0.39, 0.29) is 11.9 Å². The van der Waals surface area contributed by atoms with Gasteiger partial charge in [-0.2, -0.15) is 0 Å². The van der Waals surface area contributed by atoms with E-state index in [9.17, 15) is 4.79 Å². The predicted octanol–water partition coefficient (Wildman–Crippen LogP) is 4.87. The lowest BCUT2D eigenvalue weighted by Crippen LogP contribution is -2.36. The Balaban J connectivity index is 2.11. The summed E-state index contributed by atoms with van der Waals surface area (Å²) in [5.74, 6) is 1.72. The lowest BCUT2D eigenvalue weighted by Gasteiger charge is -2.26. The molecule has 0 radical (unpaired) electrons. The minimum Gasteiger partial charge on any atom is -0.464 e. The van der Waals surface area contributed by atoms with Crippen molar-refractivity contribution in [2.45, 2.75) is 66.7 Å². The first-order chi connectivity index (χ1) is 12.3. The summed E-state index contributed by atoms with van der Waals surface area (Å²) in [7, 11) is 0. The quantitative estimate of drug-likeness (QED) is 0.677. The van der Waals surface area contributed by atoms with Gasteiger partial charge in [0, 0.05) is 24.2 Å². The maximum atomic E-state index is 13.0. The summed E-state index contributed by atoms with van der Waals surface area (Å²) in [6.07, 6.45) is 0. The van der Waals surface area contributed by atoms with Crippen molar-refractivity contribution >= 4 is 5.91 Å². The molecule has 0 spiro atoms. The lowest BCUT2D eigenvalue weighted by molar-refractivity contribution is 0.0675. The minimum atomic E-state index is 0.0387. The fourth-order valence-corrected chi connectivity index (χ4v) is 3.04. The van der Waals surface area contributed by atoms with Crippen LogP contribution in [0.25, 0.3) is 0 Å². The Labute approximate surface area is 157 Å². The summed E-state index contributed by atoms with van der Waals surface area (Å²) in [6.45, 7) is 15.0. The molecular formula is C22H32N2O2. The van der Waals surface area contributed by atoms with Gasteiger partial charge in [0.2, 0.25) is 0 Å². The second-order valence-electron chi connectivity index (χ2n) is 7.39. The van der Waals surface area contributed by atoms with Crippen LogP contribution in [-0.4, -0.2) is 34.3 Å². The average molecular weight is 357 g/mol. The fourth-order valence-electron chi connectivity index (χ4n) is 3.04. The molecule has 0 bridgehead atoms. The molecule has 2 rings (SSSR count). The lowest BCUT2D eigenvalue weighted by atomic mass is 10.1. The largest absolute Gasteiger partial charge is 0.464 e. The predicted molar refractivity (Wildman–Crippen MR) is 106 cm³/mol. The van der Waals surface area contributed by atoms with Crippen molar-refractivity contribution in [2.24, 2.45) is 0 Å². The van der Waals surface area contributed by atoms with E-state index in [4.69, 9.17) is 4.42 Å². The summed E-state index contributed by atoms with van der Waals surface area (Å²) in [6, 6.07) is 12.5. The van der Waals surface area contributed by atoms with Crippen LogP contribution >= 0.6 is 0 Å². The molecule has 0 atom stereocenters. The smallest absolute Gasteiger partial charge is 0.254 e. The highest BCUT2D eigenvalue weighted by Crippen LogP contribution is 2.17. The molecule has 0 aliphatic carbocycles. The highest BCUT2D eigenvalue weighted by molar-refractivity contribution is 5.94. The first-order valence-corrected chi connectivity index (χ1v) is 9.51. The zero-order chi connectivity index (χ0) is 19.3. The molecule has 0 aliphatic rings. The molecule has 0 N–H and O–H groups in total. The maximum absolute atomic E-state index is 13.0. The third-order valence-electron chi connectivity index (χ3n) is 4.73. The summed E-state index contributed by atoms with van der Waals surface area (Å²) in [5, 5.41) is 0. The summed E-state index contributed by atoms with van der Waals surface area (Å²) in [5.41, 5.74) is 1.95. The zero-order valence-electron chi connectivity index (χ0n) is 17.0. The highest BCUT2D eigenvalue weighted by Gasteiger charge is 2.20. The van der Waals surface area contributed by atoms with Gasteiger partial charge in [-0.3, -0.25) is 9.69 Å². The van der Waals surface area contributed by atoms with Gasteiger partial charge in [0.05, 0.1) is 6.54 Å². The van der Waals surface area contributed by atoms with Crippen LogP contribution < -0.4 is 0 Å². The normalized spacial score (nSPS) is 11.6. The molecule has 0 aliphatic heterocycles. The summed E-state index contributed by atoms with van der Waals surface area (Å²) < 4.78 is 5.65. The van der Waals surface area contributed by atoms with Crippen LogP contribution in [0.4, 0.5) is 0 Å². The molecule has 0 fully saturated rings. The number of carbonyl (C=O) groups excluding carboxylic acids is 1. The van der Waals surface area contributed by atoms with Gasteiger partial charge in [0.25, 0.3) is 5.91 Å². The van der Waals surface area contributed by atoms with Crippen molar-refractivity contribution in [3.05, 3.63) is 59.0 Å². The van der Waals surface area contributed by atoms with Crippen molar-refractivity contribution in [1.82, 2.24) is 9.80 Å². The van der Waals surface area contributed by atoms with E-state index < -0.39 is 0 Å². The zero-order valence-corrected chi connectivity index (χ0v) is 17.0. The number of hydrogen-bond acceptors (Lipinski definition) is 3. The maximum Gasteiger partial charge on any atom is 0.254 e. The van der Waals surface area contributed by atoms with Crippen molar-refractivity contribution < 1.29 is 9.21 Å². The Morgan fingerprint density at radius 1 is 0.962 bits per heavy atom. The number of furan rings is 1. The van der Waals surface area contributed by atoms with Crippen LogP contribution in [0.3, 0.4) is 0 Å². The number of benzene rings is 1. The molecule has 0 saturated heterocycles. The SMILES string of the molecule is CCN(Cc1ccc(C(=O)N(Cc2ccc(C)o2)C(C)C)cc1)C(C)C. The third-order valence-corrected chi connectivity index (χ3v) is 4.73. The minimum absolute atomic E-state index is 0.0387. The molecule has 1 aromatic heterocycles. The van der Waals surface area contributed by atoms with E-state index in [1.807, 2.05) is 49.9 Å². The summed E-state index contributed by atoms with van der Waals surface area (Å²) in [4.78, 5) is 17.2. The van der Waals surface area contributed by atoms with Crippen LogP contribution in [0.5, 0.6) is 0 Å². The van der Waals surface area contributed by atoms with E-state index in [2.05, 4.69) is 37.8 Å². The molecule has 26 heavy (non-hydrogen) atoms.